The number of nitro groups is 1. The van der Waals surface area contributed by atoms with E-state index in [1.807, 2.05) is 6.92 Å². The Bertz CT molecular complexity index is 825. The van der Waals surface area contributed by atoms with Crippen LogP contribution in [0.3, 0.4) is 0 Å². The number of carbonyl (C=O) groups excluding carboxylic acids is 2. The standard InChI is InChI=1S/C16H14ClN3O5/c1-10-5-6-14(13(17)7-10)25-9-15(21)19-16(22)18-11-3-2-4-12(8-11)20(23)24/h2-8H,9H2,1H3,(H2,18,19,21,22). The summed E-state index contributed by atoms with van der Waals surface area (Å²) < 4.78 is 5.24. The lowest BCUT2D eigenvalue weighted by Gasteiger charge is -2.09. The molecular weight excluding hydrogens is 350 g/mol. The normalized spacial score (nSPS) is 10.0. The molecule has 0 saturated heterocycles. The van der Waals surface area contributed by atoms with Gasteiger partial charge in [0.25, 0.3) is 11.6 Å². The Kier molecular flexibility index (Phi) is 5.91. The van der Waals surface area contributed by atoms with Gasteiger partial charge in [0, 0.05) is 17.8 Å². The SMILES string of the molecule is Cc1ccc(OCC(=O)NC(=O)Nc2cccc([N+](=O)[O-])c2)c(Cl)c1. The van der Waals surface area contributed by atoms with Crippen LogP contribution in [-0.2, 0) is 4.79 Å². The molecule has 2 rings (SSSR count). The van der Waals surface area contributed by atoms with Crippen LogP contribution in [0.25, 0.3) is 0 Å². The van der Waals surface area contributed by atoms with Gasteiger partial charge in [-0.15, -0.1) is 0 Å². The Labute approximate surface area is 147 Å². The molecule has 0 unspecified atom stereocenters. The van der Waals surface area contributed by atoms with Gasteiger partial charge in [-0.25, -0.2) is 4.79 Å². The van der Waals surface area contributed by atoms with Crippen molar-refractivity contribution in [3.05, 3.63) is 63.2 Å². The molecule has 25 heavy (non-hydrogen) atoms. The first kappa shape index (κ1) is 18.2. The van der Waals surface area contributed by atoms with Crippen LogP contribution in [0, 0.1) is 17.0 Å². The summed E-state index contributed by atoms with van der Waals surface area (Å²) in [4.78, 5) is 33.5. The number of nitro benzene ring substituents is 1. The van der Waals surface area contributed by atoms with Gasteiger partial charge in [0.05, 0.1) is 9.95 Å². The summed E-state index contributed by atoms with van der Waals surface area (Å²) in [5.41, 5.74) is 0.946. The number of nitrogens with zero attached hydrogens (tertiary/aromatic N) is 1. The smallest absolute Gasteiger partial charge is 0.325 e. The molecule has 0 aromatic heterocycles. The lowest BCUT2D eigenvalue weighted by atomic mass is 10.2. The molecule has 3 amide bonds. The van der Waals surface area contributed by atoms with Crippen molar-refractivity contribution in [2.45, 2.75) is 6.92 Å². The van der Waals surface area contributed by atoms with E-state index in [9.17, 15) is 19.7 Å². The maximum absolute atomic E-state index is 11.7. The number of aryl methyl sites for hydroxylation is 1. The van der Waals surface area contributed by atoms with E-state index in [4.69, 9.17) is 16.3 Å². The van der Waals surface area contributed by atoms with Crippen molar-refractivity contribution in [1.82, 2.24) is 5.32 Å². The first-order valence-electron chi connectivity index (χ1n) is 7.09. The van der Waals surface area contributed by atoms with E-state index < -0.39 is 23.5 Å². The predicted octanol–water partition coefficient (Wildman–Crippen LogP) is 3.28. The summed E-state index contributed by atoms with van der Waals surface area (Å²) in [6, 6.07) is 9.58. The molecule has 0 aliphatic rings. The lowest BCUT2D eigenvalue weighted by Crippen LogP contribution is -2.37. The number of amides is 3. The number of benzene rings is 2. The average Bonchev–Trinajstić information content (AvgIpc) is 2.54. The molecule has 2 aromatic carbocycles. The van der Waals surface area contributed by atoms with Gasteiger partial charge in [0.15, 0.2) is 6.61 Å². The van der Waals surface area contributed by atoms with Crippen molar-refractivity contribution in [2.75, 3.05) is 11.9 Å². The topological polar surface area (TPSA) is 111 Å². The monoisotopic (exact) mass is 363 g/mol. The molecule has 0 spiro atoms. The fourth-order valence-electron chi connectivity index (χ4n) is 1.89. The van der Waals surface area contributed by atoms with E-state index >= 15 is 0 Å². The summed E-state index contributed by atoms with van der Waals surface area (Å²) in [5, 5.41) is 15.4. The third kappa shape index (κ3) is 5.47. The molecule has 2 aromatic rings. The summed E-state index contributed by atoms with van der Waals surface area (Å²) in [5.74, 6) is -0.374. The quantitative estimate of drug-likeness (QED) is 0.625. The summed E-state index contributed by atoms with van der Waals surface area (Å²) in [6.07, 6.45) is 0. The number of carbonyl (C=O) groups is 2. The van der Waals surface area contributed by atoms with Crippen LogP contribution in [0.2, 0.25) is 5.02 Å². The number of ether oxygens (including phenoxy) is 1. The number of hydrogen-bond donors (Lipinski definition) is 2. The average molecular weight is 364 g/mol. The molecule has 0 aliphatic carbocycles. The van der Waals surface area contributed by atoms with E-state index in [1.54, 1.807) is 18.2 Å². The van der Waals surface area contributed by atoms with Crippen molar-refractivity contribution in [2.24, 2.45) is 0 Å². The van der Waals surface area contributed by atoms with E-state index in [-0.39, 0.29) is 11.4 Å². The zero-order valence-corrected chi connectivity index (χ0v) is 13.9. The van der Waals surface area contributed by atoms with E-state index in [0.29, 0.717) is 10.8 Å². The second-order valence-electron chi connectivity index (χ2n) is 5.03. The number of imide groups is 1. The molecule has 130 valence electrons. The largest absolute Gasteiger partial charge is 0.482 e. The third-order valence-corrected chi connectivity index (χ3v) is 3.31. The molecule has 0 fully saturated rings. The fourth-order valence-corrected chi connectivity index (χ4v) is 2.18. The minimum Gasteiger partial charge on any atom is -0.482 e. The van der Waals surface area contributed by atoms with Gasteiger partial charge in [-0.2, -0.15) is 0 Å². The molecule has 9 heteroatoms. The number of rotatable bonds is 5. The number of halogens is 1. The summed E-state index contributed by atoms with van der Waals surface area (Å²) in [7, 11) is 0. The first-order chi connectivity index (χ1) is 11.8. The van der Waals surface area contributed by atoms with Crippen LogP contribution < -0.4 is 15.4 Å². The minimum atomic E-state index is -0.830. The van der Waals surface area contributed by atoms with Crippen LogP contribution >= 0.6 is 11.6 Å². The number of urea groups is 1. The number of nitrogens with one attached hydrogen (secondary N) is 2. The highest BCUT2D eigenvalue weighted by atomic mass is 35.5. The second-order valence-corrected chi connectivity index (χ2v) is 5.44. The van der Waals surface area contributed by atoms with Gasteiger partial charge in [0.1, 0.15) is 5.75 Å². The summed E-state index contributed by atoms with van der Waals surface area (Å²) in [6.45, 7) is 1.45. The third-order valence-electron chi connectivity index (χ3n) is 3.01. The minimum absolute atomic E-state index is 0.179. The van der Waals surface area contributed by atoms with Crippen LogP contribution in [0.15, 0.2) is 42.5 Å². The van der Waals surface area contributed by atoms with Gasteiger partial charge < -0.3 is 10.1 Å². The lowest BCUT2D eigenvalue weighted by molar-refractivity contribution is -0.384. The van der Waals surface area contributed by atoms with E-state index in [1.165, 1.54) is 24.3 Å². The van der Waals surface area contributed by atoms with Crippen LogP contribution in [-0.4, -0.2) is 23.5 Å². The first-order valence-corrected chi connectivity index (χ1v) is 7.47. The fraction of sp³-hybridized carbons (Fsp3) is 0.125. The van der Waals surface area contributed by atoms with Crippen molar-refractivity contribution < 1.29 is 19.2 Å². The Balaban J connectivity index is 1.86. The van der Waals surface area contributed by atoms with Gasteiger partial charge >= 0.3 is 6.03 Å². The molecule has 0 saturated carbocycles. The summed E-state index contributed by atoms with van der Waals surface area (Å²) >= 11 is 5.98. The van der Waals surface area contributed by atoms with Crippen molar-refractivity contribution in [1.29, 1.82) is 0 Å². The van der Waals surface area contributed by atoms with Crippen molar-refractivity contribution in [3.63, 3.8) is 0 Å². The molecule has 0 atom stereocenters. The number of non-ortho nitro benzene ring substituents is 1. The molecule has 2 N–H and O–H groups in total. The maximum Gasteiger partial charge on any atom is 0.325 e. The van der Waals surface area contributed by atoms with Gasteiger partial charge in [-0.3, -0.25) is 20.2 Å². The highest BCUT2D eigenvalue weighted by Gasteiger charge is 2.12. The predicted molar refractivity (Wildman–Crippen MR) is 91.9 cm³/mol. The van der Waals surface area contributed by atoms with E-state index in [2.05, 4.69) is 10.6 Å². The molecule has 8 nitrogen and oxygen atoms in total. The van der Waals surface area contributed by atoms with E-state index in [0.717, 1.165) is 5.56 Å². The van der Waals surface area contributed by atoms with Gasteiger partial charge in [0.2, 0.25) is 0 Å². The molecule has 0 heterocycles. The zero-order valence-electron chi connectivity index (χ0n) is 13.1. The zero-order chi connectivity index (χ0) is 18.4. The Morgan fingerprint density at radius 3 is 2.68 bits per heavy atom. The van der Waals surface area contributed by atoms with Crippen LogP contribution in [0.1, 0.15) is 5.56 Å². The molecule has 0 bridgehead atoms. The highest BCUT2D eigenvalue weighted by Crippen LogP contribution is 2.24. The van der Waals surface area contributed by atoms with Crippen LogP contribution in [0.5, 0.6) is 5.75 Å². The Hall–Kier alpha value is -3.13. The van der Waals surface area contributed by atoms with Crippen LogP contribution in [0.4, 0.5) is 16.2 Å². The highest BCUT2D eigenvalue weighted by molar-refractivity contribution is 6.32. The molecule has 0 radical (unpaired) electrons. The Morgan fingerprint density at radius 1 is 1.24 bits per heavy atom. The molecular formula is C16H14ClN3O5. The van der Waals surface area contributed by atoms with Gasteiger partial charge in [-0.05, 0) is 30.7 Å². The number of hydrogen-bond acceptors (Lipinski definition) is 5. The second kappa shape index (κ2) is 8.11. The number of anilines is 1. The Morgan fingerprint density at radius 2 is 2.00 bits per heavy atom. The maximum atomic E-state index is 11.7. The van der Waals surface area contributed by atoms with Crippen molar-refractivity contribution >= 4 is 34.9 Å². The molecule has 0 aliphatic heterocycles. The van der Waals surface area contributed by atoms with Crippen molar-refractivity contribution in [3.8, 4) is 5.75 Å². The van der Waals surface area contributed by atoms with Gasteiger partial charge in [-0.1, -0.05) is 23.7 Å².